The minimum Gasteiger partial charge on any atom is -0.444 e. The summed E-state index contributed by atoms with van der Waals surface area (Å²) in [5.74, 6) is -5.87. The number of nitrogens with two attached hydrogens (primary N) is 1. The lowest BCUT2D eigenvalue weighted by atomic mass is 9.76. The minimum absolute atomic E-state index is 0.0157. The highest BCUT2D eigenvalue weighted by Gasteiger charge is 2.48. The lowest BCUT2D eigenvalue weighted by Gasteiger charge is -2.42. The zero-order chi connectivity index (χ0) is 65.6. The molecule has 1 heterocycles. The molecule has 1 saturated carbocycles. The highest BCUT2D eigenvalue weighted by molar-refractivity contribution is 7.89. The Bertz CT molecular complexity index is 2980. The van der Waals surface area contributed by atoms with Crippen molar-refractivity contribution in [3.63, 3.8) is 0 Å². The molecule has 1 fully saturated rings. The molecule has 22 nitrogen and oxygen atoms in total. The molecule has 7 N–H and O–H groups in total. The zero-order valence-corrected chi connectivity index (χ0v) is 54.4. The summed E-state index contributed by atoms with van der Waals surface area (Å²) >= 11 is 0. The minimum atomic E-state index is -4.30. The molecule has 4 rings (SSSR count). The molecule has 480 valence electrons. The number of nitrogens with one attached hydrogen (secondary N) is 5. The van der Waals surface area contributed by atoms with E-state index in [-0.39, 0.29) is 73.3 Å². The highest BCUT2D eigenvalue weighted by atomic mass is 32.2. The molecule has 0 spiro atoms. The van der Waals surface area contributed by atoms with Crippen molar-refractivity contribution in [2.45, 2.75) is 194 Å². The Kier molecular flexibility index (Phi) is 25.2. The smallest absolute Gasteiger partial charge is 0.410 e. The van der Waals surface area contributed by atoms with Crippen LogP contribution in [0.25, 0.3) is 0 Å². The van der Waals surface area contributed by atoms with Crippen LogP contribution in [0.5, 0.6) is 0 Å². The lowest BCUT2D eigenvalue weighted by Crippen LogP contribution is -2.63. The summed E-state index contributed by atoms with van der Waals surface area (Å²) in [7, 11) is -1.26. The van der Waals surface area contributed by atoms with Crippen molar-refractivity contribution in [1.82, 2.24) is 40.7 Å². The Hall–Kier alpha value is -7.43. The predicted octanol–water partition coefficient (Wildman–Crippen LogP) is 6.56. The third kappa shape index (κ3) is 21.2. The second-order valence-corrected chi connectivity index (χ2v) is 28.2. The Balaban J connectivity index is 1.44. The van der Waals surface area contributed by atoms with Crippen LogP contribution in [0.15, 0.2) is 78.4 Å². The summed E-state index contributed by atoms with van der Waals surface area (Å²) in [6.07, 6.45) is 6.32. The third-order valence-corrected chi connectivity index (χ3v) is 17.0. The number of amides is 10. The molecule has 0 saturated heterocycles. The molecule has 2 aromatic rings. The summed E-state index contributed by atoms with van der Waals surface area (Å²) in [5, 5.41) is 11.4. The van der Waals surface area contributed by atoms with Gasteiger partial charge in [0, 0.05) is 69.1 Å². The van der Waals surface area contributed by atoms with E-state index in [0.29, 0.717) is 49.7 Å². The van der Waals surface area contributed by atoms with Crippen LogP contribution in [0.4, 0.5) is 9.59 Å². The average molecular weight is 1230 g/mol. The second-order valence-electron chi connectivity index (χ2n) is 26.4. The average Bonchev–Trinajstić information content (AvgIpc) is 1.79. The van der Waals surface area contributed by atoms with Gasteiger partial charge in [-0.1, -0.05) is 129 Å². The van der Waals surface area contributed by atoms with Crippen molar-refractivity contribution in [1.29, 1.82) is 0 Å². The first-order chi connectivity index (χ1) is 40.3. The number of primary amides is 1. The monoisotopic (exact) mass is 1230 g/mol. The largest absolute Gasteiger partial charge is 0.444 e. The molecule has 0 bridgehead atoms. The van der Waals surface area contributed by atoms with Gasteiger partial charge in [0.2, 0.25) is 33.7 Å². The van der Waals surface area contributed by atoms with Crippen LogP contribution in [0.1, 0.15) is 164 Å². The molecule has 23 heteroatoms. The molecular formula is C64H95N9O13S. The van der Waals surface area contributed by atoms with Crippen molar-refractivity contribution in [3.05, 3.63) is 95.1 Å². The maximum Gasteiger partial charge on any atom is 0.410 e. The van der Waals surface area contributed by atoms with E-state index in [9.17, 15) is 56.4 Å². The molecule has 0 unspecified atom stereocenters. The number of nitrogens with zero attached hydrogens (tertiary/aromatic N) is 3. The Morgan fingerprint density at radius 2 is 1.37 bits per heavy atom. The van der Waals surface area contributed by atoms with Gasteiger partial charge in [0.1, 0.15) is 17.7 Å². The van der Waals surface area contributed by atoms with Crippen molar-refractivity contribution in [2.75, 3.05) is 27.2 Å². The summed E-state index contributed by atoms with van der Waals surface area (Å²) in [6, 6.07) is 11.2. The Morgan fingerprint density at radius 1 is 0.770 bits per heavy atom. The first-order valence-corrected chi connectivity index (χ1v) is 31.6. The van der Waals surface area contributed by atoms with Crippen LogP contribution < -0.4 is 31.7 Å². The number of ketones is 1. The predicted molar refractivity (Wildman–Crippen MR) is 331 cm³/mol. The molecule has 1 aliphatic carbocycles. The number of unbranched alkanes of at least 4 members (excludes halogenated alkanes) is 2. The van der Waals surface area contributed by atoms with Gasteiger partial charge in [-0.05, 0) is 100 Å². The van der Waals surface area contributed by atoms with Crippen LogP contribution >= 0.6 is 0 Å². The molecule has 2 aliphatic rings. The molecule has 0 radical (unpaired) electrons. The standard InChI is InChI=1S/C64H95N9O13S/c1-40(2)47(71(14)58(81)53(61(6,7)8)68-57(80)54(72(15)60(83)86-62(9,10)11)63(12,13)45-24-18-16-19-25-45)37-42(5)55(78)70-87(84,85)39-43-27-29-46(30-28-43)64(33-34-64)69-56(79)44(23-22-35-66-59(65)82)38-48(74)52(41(3)4)67-49(75)26-20-17-21-36-73-50(76)31-32-51(73)77/h16,18-19,24-25,27-32,37,40-41,44,47,52-54H,17,20-23,26,33-36,38-39H2,1-15H3,(H,67,75)(H,68,80)(H,69,79)(H,70,78)(H3,65,66,82)/b42-37+/t44-,47-,52+,53-,54-/m1/s1. The number of likely N-dealkylation sites (N-methyl/N-ethyl adjacent to an activating group) is 2. The number of sulfonamides is 1. The van der Waals surface area contributed by atoms with Crippen LogP contribution in [-0.2, 0) is 69.8 Å². The van der Waals surface area contributed by atoms with Crippen LogP contribution in [-0.4, -0.2) is 139 Å². The maximum absolute atomic E-state index is 14.7. The van der Waals surface area contributed by atoms with E-state index in [1.807, 2.05) is 58.0 Å². The summed E-state index contributed by atoms with van der Waals surface area (Å²) in [6.45, 7) is 23.3. The van der Waals surface area contributed by atoms with Gasteiger partial charge in [0.05, 0.1) is 23.4 Å². The molecule has 5 atom stereocenters. The first kappa shape index (κ1) is 72.0. The van der Waals surface area contributed by atoms with Gasteiger partial charge < -0.3 is 36.6 Å². The summed E-state index contributed by atoms with van der Waals surface area (Å²) < 4.78 is 35.1. The number of hydrogen-bond donors (Lipinski definition) is 6. The van der Waals surface area contributed by atoms with Crippen LogP contribution in [0.3, 0.4) is 0 Å². The van der Waals surface area contributed by atoms with Gasteiger partial charge in [-0.3, -0.25) is 48.2 Å². The third-order valence-electron chi connectivity index (χ3n) is 15.8. The molecular weight excluding hydrogens is 1130 g/mol. The normalized spacial score (nSPS) is 16.1. The molecule has 10 amide bonds. The molecule has 87 heavy (non-hydrogen) atoms. The maximum atomic E-state index is 14.7. The van der Waals surface area contributed by atoms with Crippen molar-refractivity contribution in [2.24, 2.45) is 28.9 Å². The number of hydrogen-bond acceptors (Lipinski definition) is 13. The van der Waals surface area contributed by atoms with E-state index in [2.05, 4.69) is 26.0 Å². The van der Waals surface area contributed by atoms with E-state index >= 15 is 0 Å². The van der Waals surface area contributed by atoms with E-state index < -0.39 is 104 Å². The number of Topliss-reactive ketones (excluding diaryl/α,β-unsaturated/α-hetero) is 1. The van der Waals surface area contributed by atoms with Gasteiger partial charge in [-0.15, -0.1) is 0 Å². The summed E-state index contributed by atoms with van der Waals surface area (Å²) in [4.78, 5) is 137. The Labute approximate surface area is 514 Å². The fourth-order valence-electron chi connectivity index (χ4n) is 10.6. The first-order valence-electron chi connectivity index (χ1n) is 29.9. The van der Waals surface area contributed by atoms with E-state index in [1.54, 1.807) is 86.7 Å². The number of rotatable bonds is 31. The summed E-state index contributed by atoms with van der Waals surface area (Å²) in [5.41, 5.74) is 3.57. The van der Waals surface area contributed by atoms with Crippen molar-refractivity contribution < 1.29 is 61.1 Å². The molecule has 1 aliphatic heterocycles. The van der Waals surface area contributed by atoms with Crippen molar-refractivity contribution >= 4 is 69.3 Å². The van der Waals surface area contributed by atoms with Crippen molar-refractivity contribution in [3.8, 4) is 0 Å². The number of imide groups is 1. The van der Waals surface area contributed by atoms with Gasteiger partial charge >= 0.3 is 12.1 Å². The zero-order valence-electron chi connectivity index (χ0n) is 53.6. The van der Waals surface area contributed by atoms with Gasteiger partial charge in [-0.2, -0.15) is 0 Å². The fourth-order valence-corrected chi connectivity index (χ4v) is 11.8. The quantitative estimate of drug-likeness (QED) is 0.0265. The molecule has 2 aromatic carbocycles. The SMILES string of the molecule is C/C(=C\[C@H](C(C)C)N(C)C(=O)[C@@H](NC(=O)[C@@H](N(C)C(=O)OC(C)(C)C)C(C)(C)c1ccccc1)C(C)(C)C)C(=O)NS(=O)(=O)Cc1ccc(C2(NC(=O)[C@H](CCCNC(N)=O)CC(=O)[C@@H](NC(=O)CCCCCN3C(=O)C=CC3=O)C(C)C)CC2)cc1. The molecule has 0 aromatic heterocycles. The number of carbonyl (C=O) groups excluding carboxylic acids is 10. The van der Waals surface area contributed by atoms with Gasteiger partial charge in [-0.25, -0.2) is 22.7 Å². The number of benzene rings is 2. The second kappa shape index (κ2) is 30.5. The van der Waals surface area contributed by atoms with Crippen LogP contribution in [0.2, 0.25) is 0 Å². The van der Waals surface area contributed by atoms with Gasteiger partial charge in [0.25, 0.3) is 17.7 Å². The van der Waals surface area contributed by atoms with E-state index in [0.717, 1.165) is 10.5 Å². The fraction of sp³-hybridized carbons (Fsp3) is 0.594. The van der Waals surface area contributed by atoms with E-state index in [1.165, 1.54) is 42.0 Å². The highest BCUT2D eigenvalue weighted by Crippen LogP contribution is 2.46. The topological polar surface area (TPSA) is 310 Å². The Morgan fingerprint density at radius 3 is 1.90 bits per heavy atom. The van der Waals surface area contributed by atoms with Gasteiger partial charge in [0.15, 0.2) is 5.78 Å². The van der Waals surface area contributed by atoms with E-state index in [4.69, 9.17) is 10.5 Å². The number of carbonyl (C=O) groups is 10. The lowest BCUT2D eigenvalue weighted by molar-refractivity contribution is -0.142. The number of ether oxygens (including phenoxy) is 1. The van der Waals surface area contributed by atoms with Crippen LogP contribution in [0, 0.1) is 23.2 Å². The number of urea groups is 1.